The fourth-order valence-electron chi connectivity index (χ4n) is 3.10. The summed E-state index contributed by atoms with van der Waals surface area (Å²) in [5, 5.41) is 12.4. The Bertz CT molecular complexity index is 463. The highest BCUT2D eigenvalue weighted by atomic mass is 16.4. The lowest BCUT2D eigenvalue weighted by Gasteiger charge is -2.22. The van der Waals surface area contributed by atoms with Gasteiger partial charge in [0.2, 0.25) is 0 Å². The van der Waals surface area contributed by atoms with E-state index in [0.717, 1.165) is 18.7 Å². The minimum absolute atomic E-state index is 0.0984. The Morgan fingerprint density at radius 1 is 1.44 bits per heavy atom. The first-order valence-corrected chi connectivity index (χ1v) is 6.44. The molecule has 96 valence electrons. The van der Waals surface area contributed by atoms with Gasteiger partial charge in [0.1, 0.15) is 5.69 Å². The molecule has 2 N–H and O–H groups in total. The van der Waals surface area contributed by atoms with Crippen molar-refractivity contribution in [1.82, 2.24) is 9.88 Å². The number of hydrogen-bond acceptors (Lipinski definition) is 4. The molecule has 2 unspecified atom stereocenters. The summed E-state index contributed by atoms with van der Waals surface area (Å²) in [6.45, 7) is 2.36. The van der Waals surface area contributed by atoms with Gasteiger partial charge in [0.15, 0.2) is 0 Å². The number of nitrogens with one attached hydrogen (secondary N) is 1. The van der Waals surface area contributed by atoms with Gasteiger partial charge in [-0.1, -0.05) is 0 Å². The van der Waals surface area contributed by atoms with Crippen LogP contribution in [0.25, 0.3) is 0 Å². The van der Waals surface area contributed by atoms with Crippen molar-refractivity contribution in [3.63, 3.8) is 0 Å². The van der Waals surface area contributed by atoms with E-state index in [1.807, 2.05) is 6.07 Å². The van der Waals surface area contributed by atoms with Gasteiger partial charge in [0, 0.05) is 30.5 Å². The summed E-state index contributed by atoms with van der Waals surface area (Å²) in [7, 11) is 0. The van der Waals surface area contributed by atoms with E-state index in [-0.39, 0.29) is 5.69 Å². The van der Waals surface area contributed by atoms with Gasteiger partial charge in [0.05, 0.1) is 0 Å². The predicted molar refractivity (Wildman–Crippen MR) is 67.8 cm³/mol. The Labute approximate surface area is 106 Å². The number of aromatic carboxylic acids is 1. The predicted octanol–water partition coefficient (Wildman–Crippen LogP) is 1.43. The molecule has 2 fully saturated rings. The molecular formula is C13H17N3O2. The van der Waals surface area contributed by atoms with Gasteiger partial charge >= 0.3 is 5.97 Å². The standard InChI is InChI=1S/C13H17N3O2/c17-13(18)11-8-9(3-5-14-11)15-10-4-7-16-6-1-2-12(10)16/h3,5,8,10,12H,1-2,4,6-7H2,(H,14,15)(H,17,18). The summed E-state index contributed by atoms with van der Waals surface area (Å²) in [5.41, 5.74) is 0.961. The van der Waals surface area contributed by atoms with Crippen molar-refractivity contribution in [1.29, 1.82) is 0 Å². The number of anilines is 1. The molecule has 0 amide bonds. The van der Waals surface area contributed by atoms with Crippen molar-refractivity contribution >= 4 is 11.7 Å². The van der Waals surface area contributed by atoms with Crippen LogP contribution in [0.4, 0.5) is 5.69 Å². The number of pyridine rings is 1. The van der Waals surface area contributed by atoms with E-state index in [1.165, 1.54) is 19.4 Å². The van der Waals surface area contributed by atoms with Crippen LogP contribution in [0.1, 0.15) is 29.8 Å². The first kappa shape index (κ1) is 11.5. The largest absolute Gasteiger partial charge is 0.477 e. The molecule has 0 aliphatic carbocycles. The molecule has 2 aliphatic heterocycles. The molecule has 0 radical (unpaired) electrons. The second-order valence-electron chi connectivity index (χ2n) is 5.02. The summed E-state index contributed by atoms with van der Waals surface area (Å²) in [5.74, 6) is -0.979. The molecule has 0 saturated carbocycles. The molecule has 18 heavy (non-hydrogen) atoms. The van der Waals surface area contributed by atoms with Gasteiger partial charge < -0.3 is 10.4 Å². The number of carboxylic acids is 1. The SMILES string of the molecule is O=C(O)c1cc(NC2CCN3CCCC23)ccn1. The minimum atomic E-state index is -0.979. The van der Waals surface area contributed by atoms with Crippen LogP contribution in [-0.4, -0.2) is 46.1 Å². The molecule has 0 spiro atoms. The average molecular weight is 247 g/mol. The second-order valence-corrected chi connectivity index (χ2v) is 5.02. The number of carbonyl (C=O) groups is 1. The zero-order valence-electron chi connectivity index (χ0n) is 10.2. The molecule has 1 aromatic rings. The zero-order valence-corrected chi connectivity index (χ0v) is 10.2. The van der Waals surface area contributed by atoms with Crippen LogP contribution < -0.4 is 5.32 Å². The molecular weight excluding hydrogens is 230 g/mol. The quantitative estimate of drug-likeness (QED) is 0.846. The lowest BCUT2D eigenvalue weighted by molar-refractivity contribution is 0.0690. The summed E-state index contributed by atoms with van der Waals surface area (Å²) in [4.78, 5) is 17.2. The van der Waals surface area contributed by atoms with E-state index in [9.17, 15) is 4.79 Å². The maximum atomic E-state index is 10.9. The summed E-state index contributed by atoms with van der Waals surface area (Å²) < 4.78 is 0. The Kier molecular flexibility index (Phi) is 2.91. The summed E-state index contributed by atoms with van der Waals surface area (Å²) in [6, 6.07) is 4.51. The van der Waals surface area contributed by atoms with Crippen LogP contribution in [0, 0.1) is 0 Å². The lowest BCUT2D eigenvalue weighted by Crippen LogP contribution is -2.33. The monoisotopic (exact) mass is 247 g/mol. The van der Waals surface area contributed by atoms with Crippen LogP contribution in [-0.2, 0) is 0 Å². The van der Waals surface area contributed by atoms with E-state index in [1.54, 1.807) is 12.3 Å². The fourth-order valence-corrected chi connectivity index (χ4v) is 3.10. The minimum Gasteiger partial charge on any atom is -0.477 e. The van der Waals surface area contributed by atoms with Crippen molar-refractivity contribution < 1.29 is 9.90 Å². The van der Waals surface area contributed by atoms with Crippen molar-refractivity contribution in [3.8, 4) is 0 Å². The van der Waals surface area contributed by atoms with E-state index in [2.05, 4.69) is 15.2 Å². The number of nitrogens with zero attached hydrogens (tertiary/aromatic N) is 2. The third kappa shape index (κ3) is 2.06. The Balaban J connectivity index is 1.72. The highest BCUT2D eigenvalue weighted by Gasteiger charge is 2.36. The summed E-state index contributed by atoms with van der Waals surface area (Å²) >= 11 is 0. The molecule has 5 heteroatoms. The Hall–Kier alpha value is -1.62. The van der Waals surface area contributed by atoms with E-state index >= 15 is 0 Å². The van der Waals surface area contributed by atoms with Crippen molar-refractivity contribution in [2.24, 2.45) is 0 Å². The number of rotatable bonds is 3. The zero-order chi connectivity index (χ0) is 12.5. The van der Waals surface area contributed by atoms with E-state index in [0.29, 0.717) is 12.1 Å². The highest BCUT2D eigenvalue weighted by Crippen LogP contribution is 2.30. The van der Waals surface area contributed by atoms with Crippen molar-refractivity contribution in [2.45, 2.75) is 31.3 Å². The number of aromatic nitrogens is 1. The summed E-state index contributed by atoms with van der Waals surface area (Å²) in [6.07, 6.45) is 5.21. The third-order valence-corrected chi connectivity index (χ3v) is 3.94. The maximum absolute atomic E-state index is 10.9. The third-order valence-electron chi connectivity index (χ3n) is 3.94. The number of fused-ring (bicyclic) bond motifs is 1. The lowest BCUT2D eigenvalue weighted by atomic mass is 10.1. The van der Waals surface area contributed by atoms with Crippen LogP contribution in [0.15, 0.2) is 18.3 Å². The first-order valence-electron chi connectivity index (χ1n) is 6.44. The fraction of sp³-hybridized carbons (Fsp3) is 0.538. The molecule has 5 nitrogen and oxygen atoms in total. The van der Waals surface area contributed by atoms with E-state index in [4.69, 9.17) is 5.11 Å². The average Bonchev–Trinajstić information content (AvgIpc) is 2.94. The van der Waals surface area contributed by atoms with Gasteiger partial charge in [-0.05, 0) is 37.9 Å². The molecule has 0 bridgehead atoms. The first-order chi connectivity index (χ1) is 8.74. The Morgan fingerprint density at radius 3 is 3.17 bits per heavy atom. The van der Waals surface area contributed by atoms with Crippen molar-refractivity contribution in [2.75, 3.05) is 18.4 Å². The van der Waals surface area contributed by atoms with E-state index < -0.39 is 5.97 Å². The number of hydrogen-bond donors (Lipinski definition) is 2. The molecule has 1 aromatic heterocycles. The molecule has 3 rings (SSSR count). The topological polar surface area (TPSA) is 65.5 Å². The van der Waals surface area contributed by atoms with Crippen LogP contribution >= 0.6 is 0 Å². The molecule has 0 aromatic carbocycles. The molecule has 2 atom stereocenters. The van der Waals surface area contributed by atoms with Gasteiger partial charge in [-0.3, -0.25) is 4.90 Å². The molecule has 2 aliphatic rings. The normalized spacial score (nSPS) is 27.1. The van der Waals surface area contributed by atoms with Crippen LogP contribution in [0.3, 0.4) is 0 Å². The van der Waals surface area contributed by atoms with Gasteiger partial charge in [-0.15, -0.1) is 0 Å². The van der Waals surface area contributed by atoms with Gasteiger partial charge in [-0.25, -0.2) is 9.78 Å². The van der Waals surface area contributed by atoms with Gasteiger partial charge in [-0.2, -0.15) is 0 Å². The van der Waals surface area contributed by atoms with Crippen molar-refractivity contribution in [3.05, 3.63) is 24.0 Å². The van der Waals surface area contributed by atoms with Gasteiger partial charge in [0.25, 0.3) is 0 Å². The van der Waals surface area contributed by atoms with Crippen LogP contribution in [0.5, 0.6) is 0 Å². The highest BCUT2D eigenvalue weighted by molar-refractivity contribution is 5.86. The Morgan fingerprint density at radius 2 is 2.33 bits per heavy atom. The smallest absolute Gasteiger partial charge is 0.354 e. The maximum Gasteiger partial charge on any atom is 0.354 e. The number of carboxylic acid groups (broad SMARTS) is 1. The molecule has 2 saturated heterocycles. The second kappa shape index (κ2) is 4.57. The van der Waals surface area contributed by atoms with Crippen LogP contribution in [0.2, 0.25) is 0 Å². The molecule has 3 heterocycles.